The van der Waals surface area contributed by atoms with E-state index >= 15 is 0 Å². The Morgan fingerprint density at radius 1 is 1.33 bits per heavy atom. The molecule has 2 nitrogen and oxygen atoms in total. The van der Waals surface area contributed by atoms with Gasteiger partial charge in [0.15, 0.2) is 0 Å². The Balaban J connectivity index is 2.94. The molecule has 1 atom stereocenters. The van der Waals surface area contributed by atoms with Crippen LogP contribution in [0.15, 0.2) is 18.2 Å². The zero-order chi connectivity index (χ0) is 16.0. The normalized spacial score (nSPS) is 13.0. The molecule has 0 saturated heterocycles. The molecule has 0 bridgehead atoms. The number of anilines is 1. The van der Waals surface area contributed by atoms with Crippen molar-refractivity contribution in [1.29, 1.82) is 0 Å². The van der Waals surface area contributed by atoms with Gasteiger partial charge in [-0.25, -0.2) is 0 Å². The Labute approximate surface area is 127 Å². The summed E-state index contributed by atoms with van der Waals surface area (Å²) in [7, 11) is 0. The second-order valence-electron chi connectivity index (χ2n) is 4.92. The molecular weight excluding hydrogens is 303 g/mol. The lowest BCUT2D eigenvalue weighted by Crippen LogP contribution is -2.24. The van der Waals surface area contributed by atoms with E-state index in [-0.39, 0.29) is 22.5 Å². The first-order valence-corrected chi connectivity index (χ1v) is 7.35. The highest BCUT2D eigenvalue weighted by Gasteiger charge is 2.34. The van der Waals surface area contributed by atoms with Crippen molar-refractivity contribution >= 4 is 23.2 Å². The molecule has 1 N–H and O–H groups in total. The highest BCUT2D eigenvalue weighted by atomic mass is 35.5. The number of rotatable bonds is 6. The molecule has 118 valence electrons. The molecular formula is C15H19ClF3NO. The molecule has 6 heteroatoms. The van der Waals surface area contributed by atoms with Crippen LogP contribution in [0, 0.1) is 5.92 Å². The first-order valence-electron chi connectivity index (χ1n) is 6.97. The second-order valence-corrected chi connectivity index (χ2v) is 5.36. The first kappa shape index (κ1) is 17.8. The van der Waals surface area contributed by atoms with Crippen LogP contribution in [0.3, 0.4) is 0 Å². The summed E-state index contributed by atoms with van der Waals surface area (Å²) in [4.78, 5) is 12.1. The zero-order valence-corrected chi connectivity index (χ0v) is 12.8. The second kappa shape index (κ2) is 7.69. The fourth-order valence-corrected chi connectivity index (χ4v) is 2.24. The van der Waals surface area contributed by atoms with Crippen molar-refractivity contribution < 1.29 is 18.0 Å². The minimum Gasteiger partial charge on any atom is -0.325 e. The maximum atomic E-state index is 13.0. The van der Waals surface area contributed by atoms with E-state index in [1.807, 2.05) is 13.8 Å². The van der Waals surface area contributed by atoms with Crippen molar-refractivity contribution in [2.45, 2.75) is 45.7 Å². The molecule has 0 aliphatic carbocycles. The molecule has 1 aromatic carbocycles. The Kier molecular flexibility index (Phi) is 6.52. The molecule has 0 aliphatic heterocycles. The van der Waals surface area contributed by atoms with Crippen LogP contribution >= 0.6 is 11.6 Å². The molecule has 0 aliphatic rings. The molecule has 21 heavy (non-hydrogen) atoms. The van der Waals surface area contributed by atoms with Gasteiger partial charge in [-0.2, -0.15) is 13.2 Å². The summed E-state index contributed by atoms with van der Waals surface area (Å²) < 4.78 is 38.9. The quantitative estimate of drug-likeness (QED) is 0.735. The number of carbonyl (C=O) groups excluding carboxylic acids is 1. The van der Waals surface area contributed by atoms with Gasteiger partial charge in [0, 0.05) is 10.9 Å². The summed E-state index contributed by atoms with van der Waals surface area (Å²) >= 11 is 5.61. The predicted octanol–water partition coefficient (Wildman–Crippen LogP) is 5.51. The average Bonchev–Trinajstić information content (AvgIpc) is 2.40. The van der Waals surface area contributed by atoms with Crippen LogP contribution in [-0.4, -0.2) is 5.91 Å². The van der Waals surface area contributed by atoms with Gasteiger partial charge in [0.05, 0.1) is 11.3 Å². The zero-order valence-electron chi connectivity index (χ0n) is 12.1. The SMILES string of the molecule is CCCC[C@@H](CC)C(=O)Nc1ccc(Cl)cc1C(F)(F)F. The number of hydrogen-bond donors (Lipinski definition) is 1. The number of unbranched alkanes of at least 4 members (excludes halogenated alkanes) is 1. The largest absolute Gasteiger partial charge is 0.418 e. The van der Waals surface area contributed by atoms with E-state index < -0.39 is 11.7 Å². The number of amides is 1. The number of benzene rings is 1. The Hall–Kier alpha value is -1.23. The molecule has 0 radical (unpaired) electrons. The fourth-order valence-electron chi connectivity index (χ4n) is 2.07. The van der Waals surface area contributed by atoms with Crippen molar-refractivity contribution in [3.63, 3.8) is 0 Å². The van der Waals surface area contributed by atoms with E-state index in [9.17, 15) is 18.0 Å². The van der Waals surface area contributed by atoms with Gasteiger partial charge in [-0.15, -0.1) is 0 Å². The molecule has 0 spiro atoms. The monoisotopic (exact) mass is 321 g/mol. The fraction of sp³-hybridized carbons (Fsp3) is 0.533. The van der Waals surface area contributed by atoms with E-state index in [0.29, 0.717) is 12.8 Å². The highest BCUT2D eigenvalue weighted by Crippen LogP contribution is 2.36. The van der Waals surface area contributed by atoms with Crippen LogP contribution in [0.1, 0.15) is 45.1 Å². The number of halogens is 4. The Morgan fingerprint density at radius 2 is 2.00 bits per heavy atom. The van der Waals surface area contributed by atoms with Crippen LogP contribution in [-0.2, 0) is 11.0 Å². The minimum atomic E-state index is -4.56. The Morgan fingerprint density at radius 3 is 2.52 bits per heavy atom. The van der Waals surface area contributed by atoms with Crippen LogP contribution in [0.5, 0.6) is 0 Å². The van der Waals surface area contributed by atoms with Gasteiger partial charge in [0.2, 0.25) is 5.91 Å². The number of carbonyl (C=O) groups is 1. The lowest BCUT2D eigenvalue weighted by atomic mass is 9.98. The number of nitrogens with one attached hydrogen (secondary N) is 1. The summed E-state index contributed by atoms with van der Waals surface area (Å²) in [5.41, 5.74) is -1.17. The van der Waals surface area contributed by atoms with Gasteiger partial charge in [-0.3, -0.25) is 4.79 Å². The molecule has 1 aromatic rings. The van der Waals surface area contributed by atoms with Crippen LogP contribution < -0.4 is 5.32 Å². The molecule has 0 fully saturated rings. The van der Waals surface area contributed by atoms with Gasteiger partial charge in [0.1, 0.15) is 0 Å². The van der Waals surface area contributed by atoms with E-state index in [2.05, 4.69) is 5.32 Å². The van der Waals surface area contributed by atoms with Crippen LogP contribution in [0.25, 0.3) is 0 Å². The van der Waals surface area contributed by atoms with Gasteiger partial charge in [-0.05, 0) is 31.0 Å². The third kappa shape index (κ3) is 5.23. The standard InChI is InChI=1S/C15H19ClF3NO/c1-3-5-6-10(4-2)14(21)20-13-8-7-11(16)9-12(13)15(17,18)19/h7-10H,3-6H2,1-2H3,(H,20,21)/t10-/m1/s1. The van der Waals surface area contributed by atoms with E-state index in [0.717, 1.165) is 18.9 Å². The van der Waals surface area contributed by atoms with Gasteiger partial charge in [-0.1, -0.05) is 38.3 Å². The average molecular weight is 322 g/mol. The van der Waals surface area contributed by atoms with Gasteiger partial charge >= 0.3 is 6.18 Å². The lowest BCUT2D eigenvalue weighted by molar-refractivity contribution is -0.137. The summed E-state index contributed by atoms with van der Waals surface area (Å²) in [5, 5.41) is 2.37. The number of alkyl halides is 3. The predicted molar refractivity (Wildman–Crippen MR) is 78.4 cm³/mol. The van der Waals surface area contributed by atoms with E-state index in [1.54, 1.807) is 0 Å². The summed E-state index contributed by atoms with van der Waals surface area (Å²) in [6, 6.07) is 3.35. The summed E-state index contributed by atoms with van der Waals surface area (Å²) in [5.74, 6) is -0.652. The third-order valence-corrected chi connectivity index (χ3v) is 3.55. The van der Waals surface area contributed by atoms with Gasteiger partial charge in [0.25, 0.3) is 0 Å². The van der Waals surface area contributed by atoms with Crippen molar-refractivity contribution in [2.24, 2.45) is 5.92 Å². The third-order valence-electron chi connectivity index (χ3n) is 3.31. The molecule has 0 heterocycles. The topological polar surface area (TPSA) is 29.1 Å². The van der Waals surface area contributed by atoms with Crippen molar-refractivity contribution in [3.05, 3.63) is 28.8 Å². The van der Waals surface area contributed by atoms with Crippen molar-refractivity contribution in [3.8, 4) is 0 Å². The molecule has 0 aromatic heterocycles. The minimum absolute atomic E-state index is 0.0154. The van der Waals surface area contributed by atoms with E-state index in [1.165, 1.54) is 12.1 Å². The summed E-state index contributed by atoms with van der Waals surface area (Å²) in [6.45, 7) is 3.86. The smallest absolute Gasteiger partial charge is 0.325 e. The maximum absolute atomic E-state index is 13.0. The lowest BCUT2D eigenvalue weighted by Gasteiger charge is -2.18. The number of hydrogen-bond acceptors (Lipinski definition) is 1. The molecule has 1 rings (SSSR count). The van der Waals surface area contributed by atoms with Crippen LogP contribution in [0.2, 0.25) is 5.02 Å². The summed E-state index contributed by atoms with van der Waals surface area (Å²) in [6.07, 6.45) is -1.47. The molecule has 0 unspecified atom stereocenters. The van der Waals surface area contributed by atoms with E-state index in [4.69, 9.17) is 11.6 Å². The van der Waals surface area contributed by atoms with Crippen molar-refractivity contribution in [2.75, 3.05) is 5.32 Å². The molecule has 1 amide bonds. The van der Waals surface area contributed by atoms with Crippen LogP contribution in [0.4, 0.5) is 18.9 Å². The maximum Gasteiger partial charge on any atom is 0.418 e. The van der Waals surface area contributed by atoms with Crippen molar-refractivity contribution in [1.82, 2.24) is 0 Å². The van der Waals surface area contributed by atoms with Gasteiger partial charge < -0.3 is 5.32 Å². The Bertz CT molecular complexity index is 488. The highest BCUT2D eigenvalue weighted by molar-refractivity contribution is 6.30. The molecule has 0 saturated carbocycles. The first-order chi connectivity index (χ1) is 9.79.